The third-order valence-corrected chi connectivity index (χ3v) is 4.64. The van der Waals surface area contributed by atoms with E-state index in [0.717, 1.165) is 37.4 Å². The highest BCUT2D eigenvalue weighted by Crippen LogP contribution is 2.22. The number of hydrogen-bond donors (Lipinski definition) is 0. The molecule has 2 heterocycles. The van der Waals surface area contributed by atoms with E-state index in [1.165, 1.54) is 5.69 Å². The number of hydrogen-bond acceptors (Lipinski definition) is 5. The summed E-state index contributed by atoms with van der Waals surface area (Å²) in [4.78, 5) is 6.06. The SMILES string of the molecule is Cc1cccc(-n2nc(C#N)c(N3CCN(c4ccccc4)CC3)n2)c1. The highest BCUT2D eigenvalue weighted by Gasteiger charge is 2.23. The molecule has 0 atom stereocenters. The van der Waals surface area contributed by atoms with Crippen molar-refractivity contribution < 1.29 is 0 Å². The topological polar surface area (TPSA) is 61.0 Å². The largest absolute Gasteiger partial charge is 0.368 e. The predicted octanol–water partition coefficient (Wildman–Crippen LogP) is 2.77. The first-order chi connectivity index (χ1) is 12.7. The second kappa shape index (κ2) is 6.89. The van der Waals surface area contributed by atoms with E-state index in [-0.39, 0.29) is 0 Å². The van der Waals surface area contributed by atoms with Crippen LogP contribution in [-0.2, 0) is 0 Å². The lowest BCUT2D eigenvalue weighted by Crippen LogP contribution is -2.47. The first-order valence-corrected chi connectivity index (χ1v) is 8.74. The summed E-state index contributed by atoms with van der Waals surface area (Å²) in [6, 6.07) is 20.6. The first-order valence-electron chi connectivity index (χ1n) is 8.74. The Balaban J connectivity index is 1.54. The quantitative estimate of drug-likeness (QED) is 0.731. The molecule has 130 valence electrons. The van der Waals surface area contributed by atoms with Gasteiger partial charge in [0.05, 0.1) is 5.69 Å². The second-order valence-corrected chi connectivity index (χ2v) is 6.42. The molecule has 2 aromatic carbocycles. The van der Waals surface area contributed by atoms with Crippen LogP contribution in [0, 0.1) is 18.3 Å². The molecule has 0 amide bonds. The van der Waals surface area contributed by atoms with Gasteiger partial charge in [-0.05, 0) is 36.8 Å². The minimum atomic E-state index is 0.375. The lowest BCUT2D eigenvalue weighted by atomic mass is 10.2. The summed E-state index contributed by atoms with van der Waals surface area (Å²) in [5.41, 5.74) is 3.61. The highest BCUT2D eigenvalue weighted by molar-refractivity contribution is 5.53. The Morgan fingerprint density at radius 1 is 0.846 bits per heavy atom. The Kier molecular flexibility index (Phi) is 4.28. The smallest absolute Gasteiger partial charge is 0.207 e. The third kappa shape index (κ3) is 3.11. The van der Waals surface area contributed by atoms with E-state index < -0.39 is 0 Å². The molecule has 0 radical (unpaired) electrons. The van der Waals surface area contributed by atoms with Crippen molar-refractivity contribution in [3.63, 3.8) is 0 Å². The Labute approximate surface area is 152 Å². The molecule has 0 unspecified atom stereocenters. The van der Waals surface area contributed by atoms with E-state index in [1.54, 1.807) is 4.80 Å². The zero-order valence-electron chi connectivity index (χ0n) is 14.7. The van der Waals surface area contributed by atoms with Crippen LogP contribution in [0.3, 0.4) is 0 Å². The Bertz CT molecular complexity index is 932. The molecule has 1 aliphatic heterocycles. The Morgan fingerprint density at radius 2 is 1.54 bits per heavy atom. The van der Waals surface area contributed by atoms with E-state index in [0.29, 0.717) is 11.5 Å². The van der Waals surface area contributed by atoms with Gasteiger partial charge in [-0.15, -0.1) is 15.0 Å². The Morgan fingerprint density at radius 3 is 2.23 bits per heavy atom. The minimum Gasteiger partial charge on any atom is -0.368 e. The van der Waals surface area contributed by atoms with Gasteiger partial charge in [0.25, 0.3) is 0 Å². The molecule has 6 heteroatoms. The number of rotatable bonds is 3. The maximum Gasteiger partial charge on any atom is 0.207 e. The van der Waals surface area contributed by atoms with Crippen molar-refractivity contribution in [2.75, 3.05) is 36.0 Å². The summed E-state index contributed by atoms with van der Waals surface area (Å²) < 4.78 is 0. The van der Waals surface area contributed by atoms with Gasteiger partial charge >= 0.3 is 0 Å². The van der Waals surface area contributed by atoms with Crippen LogP contribution >= 0.6 is 0 Å². The monoisotopic (exact) mass is 344 g/mol. The number of aromatic nitrogens is 3. The van der Waals surface area contributed by atoms with Crippen LogP contribution in [0.15, 0.2) is 54.6 Å². The zero-order valence-corrected chi connectivity index (χ0v) is 14.7. The standard InChI is InChI=1S/C20H20N6/c1-16-6-5-9-18(14-16)26-22-19(15-21)20(23-26)25-12-10-24(11-13-25)17-7-3-2-4-8-17/h2-9,14H,10-13H2,1H3. The molecule has 26 heavy (non-hydrogen) atoms. The first kappa shape index (κ1) is 16.2. The summed E-state index contributed by atoms with van der Waals surface area (Å²) in [5.74, 6) is 0.668. The van der Waals surface area contributed by atoms with Gasteiger partial charge in [-0.25, -0.2) is 0 Å². The zero-order chi connectivity index (χ0) is 17.9. The third-order valence-electron chi connectivity index (χ3n) is 4.64. The fourth-order valence-corrected chi connectivity index (χ4v) is 3.27. The second-order valence-electron chi connectivity index (χ2n) is 6.42. The minimum absolute atomic E-state index is 0.375. The Hall–Kier alpha value is -3.33. The summed E-state index contributed by atoms with van der Waals surface area (Å²) >= 11 is 0. The molecule has 0 spiro atoms. The fraction of sp³-hybridized carbons (Fsp3) is 0.250. The normalized spacial score (nSPS) is 14.3. The van der Waals surface area contributed by atoms with Crippen LogP contribution in [0.1, 0.15) is 11.3 Å². The molecule has 1 fully saturated rings. The maximum absolute atomic E-state index is 9.49. The van der Waals surface area contributed by atoms with Crippen LogP contribution in [0.4, 0.5) is 11.5 Å². The lowest BCUT2D eigenvalue weighted by molar-refractivity contribution is 0.641. The van der Waals surface area contributed by atoms with Crippen LogP contribution in [-0.4, -0.2) is 41.2 Å². The van der Waals surface area contributed by atoms with E-state index in [1.807, 2.05) is 37.3 Å². The molecule has 0 N–H and O–H groups in total. The molecular formula is C20H20N6. The molecule has 1 saturated heterocycles. The summed E-state index contributed by atoms with van der Waals surface area (Å²) in [6.07, 6.45) is 0. The summed E-state index contributed by atoms with van der Waals surface area (Å²) in [7, 11) is 0. The van der Waals surface area contributed by atoms with E-state index in [4.69, 9.17) is 0 Å². The molecular weight excluding hydrogens is 324 g/mol. The van der Waals surface area contributed by atoms with Crippen molar-refractivity contribution in [2.45, 2.75) is 6.92 Å². The van der Waals surface area contributed by atoms with Gasteiger partial charge in [0.15, 0.2) is 5.82 Å². The number of piperazine rings is 1. The van der Waals surface area contributed by atoms with Crippen LogP contribution in [0.25, 0.3) is 5.69 Å². The van der Waals surface area contributed by atoms with Crippen molar-refractivity contribution >= 4 is 11.5 Å². The molecule has 1 aromatic heterocycles. The van der Waals surface area contributed by atoms with Gasteiger partial charge in [0.2, 0.25) is 5.69 Å². The molecule has 1 aliphatic rings. The van der Waals surface area contributed by atoms with E-state index in [2.05, 4.69) is 50.3 Å². The van der Waals surface area contributed by atoms with Gasteiger partial charge in [-0.1, -0.05) is 30.3 Å². The van der Waals surface area contributed by atoms with Gasteiger partial charge < -0.3 is 9.80 Å². The fourth-order valence-electron chi connectivity index (χ4n) is 3.27. The van der Waals surface area contributed by atoms with Gasteiger partial charge in [-0.3, -0.25) is 0 Å². The van der Waals surface area contributed by atoms with Gasteiger partial charge in [0.1, 0.15) is 6.07 Å². The number of para-hydroxylation sites is 1. The van der Waals surface area contributed by atoms with Crippen LogP contribution < -0.4 is 9.80 Å². The van der Waals surface area contributed by atoms with Crippen molar-refractivity contribution in [3.05, 3.63) is 65.9 Å². The van der Waals surface area contributed by atoms with E-state index >= 15 is 0 Å². The van der Waals surface area contributed by atoms with Crippen molar-refractivity contribution in [1.82, 2.24) is 15.0 Å². The van der Waals surface area contributed by atoms with Crippen molar-refractivity contribution in [1.29, 1.82) is 5.26 Å². The molecule has 0 bridgehead atoms. The number of nitrogens with zero attached hydrogens (tertiary/aromatic N) is 6. The molecule has 0 saturated carbocycles. The average Bonchev–Trinajstić information content (AvgIpc) is 3.13. The molecule has 6 nitrogen and oxygen atoms in total. The van der Waals surface area contributed by atoms with Crippen molar-refractivity contribution in [2.24, 2.45) is 0 Å². The van der Waals surface area contributed by atoms with Crippen molar-refractivity contribution in [3.8, 4) is 11.8 Å². The van der Waals surface area contributed by atoms with Gasteiger partial charge in [-0.2, -0.15) is 5.26 Å². The van der Waals surface area contributed by atoms with Crippen LogP contribution in [0.5, 0.6) is 0 Å². The number of benzene rings is 2. The van der Waals surface area contributed by atoms with E-state index in [9.17, 15) is 5.26 Å². The molecule has 4 rings (SSSR count). The highest BCUT2D eigenvalue weighted by atomic mass is 15.5. The number of aryl methyl sites for hydroxylation is 1. The van der Waals surface area contributed by atoms with Gasteiger partial charge in [0, 0.05) is 31.9 Å². The molecule has 3 aromatic rings. The number of nitriles is 1. The summed E-state index contributed by atoms with van der Waals surface area (Å²) in [5, 5.41) is 18.5. The lowest BCUT2D eigenvalue weighted by Gasteiger charge is -2.36. The number of anilines is 2. The molecule has 0 aliphatic carbocycles. The van der Waals surface area contributed by atoms with Crippen LogP contribution in [0.2, 0.25) is 0 Å². The average molecular weight is 344 g/mol. The maximum atomic E-state index is 9.49. The predicted molar refractivity (Wildman–Crippen MR) is 102 cm³/mol. The summed E-state index contributed by atoms with van der Waals surface area (Å²) in [6.45, 7) is 5.45.